The molecule has 0 atom stereocenters. The van der Waals surface area contributed by atoms with E-state index in [0.717, 1.165) is 0 Å². The first kappa shape index (κ1) is 17.7. The molecule has 1 fully saturated rings. The van der Waals surface area contributed by atoms with Crippen LogP contribution in [0.25, 0.3) is 0 Å². The van der Waals surface area contributed by atoms with E-state index >= 15 is 0 Å². The SMILES string of the molecule is O=C(O)c1cccc(C(=O)N2CCC(NC(=O)c3ccccc3)CC2)c1. The second-order valence-electron chi connectivity index (χ2n) is 6.29. The first-order chi connectivity index (χ1) is 12.5. The van der Waals surface area contributed by atoms with Crippen molar-refractivity contribution in [2.24, 2.45) is 0 Å². The molecule has 2 N–H and O–H groups in total. The Bertz CT molecular complexity index is 812. The van der Waals surface area contributed by atoms with E-state index in [-0.39, 0.29) is 23.4 Å². The fourth-order valence-electron chi connectivity index (χ4n) is 3.05. The zero-order chi connectivity index (χ0) is 18.5. The van der Waals surface area contributed by atoms with Gasteiger partial charge < -0.3 is 15.3 Å². The van der Waals surface area contributed by atoms with E-state index in [9.17, 15) is 14.4 Å². The molecule has 2 aromatic rings. The molecule has 2 aromatic carbocycles. The predicted molar refractivity (Wildman–Crippen MR) is 96.2 cm³/mol. The molecule has 0 aliphatic carbocycles. The van der Waals surface area contributed by atoms with Crippen LogP contribution in [0.1, 0.15) is 43.9 Å². The van der Waals surface area contributed by atoms with Gasteiger partial charge in [-0.2, -0.15) is 0 Å². The summed E-state index contributed by atoms with van der Waals surface area (Å²) in [6, 6.07) is 15.1. The molecule has 6 nitrogen and oxygen atoms in total. The Labute approximate surface area is 151 Å². The Morgan fingerprint density at radius 3 is 2.15 bits per heavy atom. The van der Waals surface area contributed by atoms with Gasteiger partial charge in [0.05, 0.1) is 5.56 Å². The molecule has 6 heteroatoms. The maximum Gasteiger partial charge on any atom is 0.335 e. The normalized spacial score (nSPS) is 14.7. The van der Waals surface area contributed by atoms with Crippen molar-refractivity contribution in [1.29, 1.82) is 0 Å². The lowest BCUT2D eigenvalue weighted by Crippen LogP contribution is -2.46. The monoisotopic (exact) mass is 352 g/mol. The van der Waals surface area contributed by atoms with Crippen LogP contribution in [0.15, 0.2) is 54.6 Å². The van der Waals surface area contributed by atoms with Gasteiger partial charge in [0.15, 0.2) is 0 Å². The molecule has 0 radical (unpaired) electrons. The summed E-state index contributed by atoms with van der Waals surface area (Å²) in [6.45, 7) is 1.05. The maximum absolute atomic E-state index is 12.6. The molecule has 26 heavy (non-hydrogen) atoms. The van der Waals surface area contributed by atoms with Crippen LogP contribution in [0.2, 0.25) is 0 Å². The van der Waals surface area contributed by atoms with Crippen LogP contribution in [-0.2, 0) is 0 Å². The molecule has 1 aliphatic rings. The third kappa shape index (κ3) is 4.08. The number of benzene rings is 2. The Balaban J connectivity index is 1.56. The topological polar surface area (TPSA) is 86.7 Å². The first-order valence-electron chi connectivity index (χ1n) is 8.53. The number of piperidine rings is 1. The number of aromatic carboxylic acids is 1. The van der Waals surface area contributed by atoms with Crippen LogP contribution in [0, 0.1) is 0 Å². The van der Waals surface area contributed by atoms with Gasteiger partial charge >= 0.3 is 5.97 Å². The molecular formula is C20H20N2O4. The van der Waals surface area contributed by atoms with Crippen molar-refractivity contribution in [2.75, 3.05) is 13.1 Å². The number of carboxylic acid groups (broad SMARTS) is 1. The minimum absolute atomic E-state index is 0.0251. The third-order valence-electron chi connectivity index (χ3n) is 4.51. The lowest BCUT2D eigenvalue weighted by atomic mass is 10.0. The number of nitrogens with zero attached hydrogens (tertiary/aromatic N) is 1. The Kier molecular flexibility index (Phi) is 5.31. The molecule has 0 aromatic heterocycles. The molecule has 3 rings (SSSR count). The Morgan fingerprint density at radius 2 is 1.50 bits per heavy atom. The van der Waals surface area contributed by atoms with Gasteiger partial charge in [-0.05, 0) is 43.2 Å². The van der Waals surface area contributed by atoms with E-state index in [1.165, 1.54) is 12.1 Å². The van der Waals surface area contributed by atoms with Crippen LogP contribution in [-0.4, -0.2) is 46.9 Å². The van der Waals surface area contributed by atoms with Crippen molar-refractivity contribution < 1.29 is 19.5 Å². The number of carbonyl (C=O) groups is 3. The summed E-state index contributed by atoms with van der Waals surface area (Å²) in [5.74, 6) is -1.34. The molecular weight excluding hydrogens is 332 g/mol. The molecule has 0 unspecified atom stereocenters. The fraction of sp³-hybridized carbons (Fsp3) is 0.250. The number of rotatable bonds is 4. The fourth-order valence-corrected chi connectivity index (χ4v) is 3.05. The summed E-state index contributed by atoms with van der Waals surface area (Å²) in [7, 11) is 0. The highest BCUT2D eigenvalue weighted by Gasteiger charge is 2.25. The number of nitrogens with one attached hydrogen (secondary N) is 1. The quantitative estimate of drug-likeness (QED) is 0.885. The molecule has 1 aliphatic heterocycles. The molecule has 0 bridgehead atoms. The number of carboxylic acids is 1. The molecule has 1 saturated heterocycles. The first-order valence-corrected chi connectivity index (χ1v) is 8.53. The summed E-state index contributed by atoms with van der Waals surface area (Å²) in [5.41, 5.74) is 1.09. The second-order valence-corrected chi connectivity index (χ2v) is 6.29. The van der Waals surface area contributed by atoms with Gasteiger partial charge in [0.2, 0.25) is 0 Å². The van der Waals surface area contributed by atoms with Crippen molar-refractivity contribution >= 4 is 17.8 Å². The smallest absolute Gasteiger partial charge is 0.335 e. The number of hydrogen-bond donors (Lipinski definition) is 2. The predicted octanol–water partition coefficient (Wildman–Crippen LogP) is 2.42. The summed E-state index contributed by atoms with van der Waals surface area (Å²) in [4.78, 5) is 37.5. The van der Waals surface area contributed by atoms with Gasteiger partial charge in [0.25, 0.3) is 11.8 Å². The van der Waals surface area contributed by atoms with Gasteiger partial charge in [0, 0.05) is 30.3 Å². The Morgan fingerprint density at radius 1 is 0.885 bits per heavy atom. The highest BCUT2D eigenvalue weighted by molar-refractivity contribution is 5.97. The van der Waals surface area contributed by atoms with Crippen LogP contribution in [0.3, 0.4) is 0 Å². The number of carbonyl (C=O) groups excluding carboxylic acids is 2. The van der Waals surface area contributed by atoms with E-state index in [4.69, 9.17) is 5.11 Å². The average Bonchev–Trinajstić information content (AvgIpc) is 2.68. The van der Waals surface area contributed by atoms with Crippen molar-refractivity contribution in [1.82, 2.24) is 10.2 Å². The zero-order valence-electron chi connectivity index (χ0n) is 14.2. The molecule has 1 heterocycles. The summed E-state index contributed by atoms with van der Waals surface area (Å²) < 4.78 is 0. The standard InChI is InChI=1S/C20H20N2O4/c23-18(14-5-2-1-3-6-14)21-17-9-11-22(12-10-17)19(24)15-7-4-8-16(13-15)20(25)26/h1-8,13,17H,9-12H2,(H,21,23)(H,25,26). The summed E-state index contributed by atoms with van der Waals surface area (Å²) in [6.07, 6.45) is 1.34. The van der Waals surface area contributed by atoms with Crippen molar-refractivity contribution in [3.05, 3.63) is 71.3 Å². The number of amides is 2. The van der Waals surface area contributed by atoms with Gasteiger partial charge in [0.1, 0.15) is 0 Å². The summed E-state index contributed by atoms with van der Waals surface area (Å²) in [5, 5.41) is 12.1. The number of likely N-dealkylation sites (tertiary alicyclic amines) is 1. The summed E-state index contributed by atoms with van der Waals surface area (Å²) >= 11 is 0. The van der Waals surface area contributed by atoms with E-state index in [0.29, 0.717) is 37.1 Å². The lowest BCUT2D eigenvalue weighted by Gasteiger charge is -2.32. The van der Waals surface area contributed by atoms with Gasteiger partial charge in [-0.15, -0.1) is 0 Å². The van der Waals surface area contributed by atoms with Gasteiger partial charge in [-0.1, -0.05) is 24.3 Å². The zero-order valence-corrected chi connectivity index (χ0v) is 14.2. The molecule has 2 amide bonds. The van der Waals surface area contributed by atoms with E-state index < -0.39 is 5.97 Å². The van der Waals surface area contributed by atoms with Crippen molar-refractivity contribution in [2.45, 2.75) is 18.9 Å². The maximum atomic E-state index is 12.6. The molecule has 134 valence electrons. The van der Waals surface area contributed by atoms with E-state index in [1.807, 2.05) is 18.2 Å². The average molecular weight is 352 g/mol. The van der Waals surface area contributed by atoms with Crippen LogP contribution < -0.4 is 5.32 Å². The minimum atomic E-state index is -1.05. The van der Waals surface area contributed by atoms with Gasteiger partial charge in [-0.3, -0.25) is 9.59 Å². The van der Waals surface area contributed by atoms with Gasteiger partial charge in [-0.25, -0.2) is 4.79 Å². The second kappa shape index (κ2) is 7.82. The highest BCUT2D eigenvalue weighted by atomic mass is 16.4. The van der Waals surface area contributed by atoms with Crippen molar-refractivity contribution in [3.63, 3.8) is 0 Å². The molecule has 0 spiro atoms. The lowest BCUT2D eigenvalue weighted by molar-refractivity contribution is 0.0695. The Hall–Kier alpha value is -3.15. The third-order valence-corrected chi connectivity index (χ3v) is 4.51. The van der Waals surface area contributed by atoms with Crippen LogP contribution in [0.5, 0.6) is 0 Å². The van der Waals surface area contributed by atoms with E-state index in [1.54, 1.807) is 29.2 Å². The van der Waals surface area contributed by atoms with Crippen molar-refractivity contribution in [3.8, 4) is 0 Å². The minimum Gasteiger partial charge on any atom is -0.478 e. The van der Waals surface area contributed by atoms with Crippen LogP contribution in [0.4, 0.5) is 0 Å². The largest absolute Gasteiger partial charge is 0.478 e. The number of hydrogen-bond acceptors (Lipinski definition) is 3. The van der Waals surface area contributed by atoms with E-state index in [2.05, 4.69) is 5.32 Å². The highest BCUT2D eigenvalue weighted by Crippen LogP contribution is 2.16. The van der Waals surface area contributed by atoms with Crippen LogP contribution >= 0.6 is 0 Å². The molecule has 0 saturated carbocycles.